The third-order valence-electron chi connectivity index (χ3n) is 5.94. The Bertz CT molecular complexity index is 1100. The topological polar surface area (TPSA) is 75.3 Å². The number of hydrogen-bond donors (Lipinski definition) is 1. The minimum Gasteiger partial charge on any atom is -0.466 e. The lowest BCUT2D eigenvalue weighted by Crippen LogP contribution is -2.51. The molecule has 0 saturated carbocycles. The summed E-state index contributed by atoms with van der Waals surface area (Å²) in [5.74, 6) is -0.227. The summed E-state index contributed by atoms with van der Waals surface area (Å²) >= 11 is 0. The number of aromatic nitrogens is 2. The molecule has 1 saturated heterocycles. The number of benzene rings is 2. The standard InChI is InChI=1S/C25H26FN3O3/c1-2-32-24(31)25(16-20-7-3-4-10-21(20)26)11-6-14-29(17-25)23(30)19-9-5-8-18(15-19)22-27-12-13-28-22/h3-5,7-10,12-13,15H,2,6,11,14,16-17H2,1H3,(H,27,28)/t25-/m0/s1. The molecule has 1 N–H and O–H groups in total. The normalized spacial score (nSPS) is 18.4. The monoisotopic (exact) mass is 435 g/mol. The maximum absolute atomic E-state index is 14.4. The van der Waals surface area contributed by atoms with Crippen molar-refractivity contribution < 1.29 is 18.7 Å². The van der Waals surface area contributed by atoms with Crippen molar-refractivity contribution in [2.45, 2.75) is 26.2 Å². The van der Waals surface area contributed by atoms with E-state index < -0.39 is 5.41 Å². The van der Waals surface area contributed by atoms with Crippen LogP contribution < -0.4 is 0 Å². The van der Waals surface area contributed by atoms with Gasteiger partial charge in [-0.25, -0.2) is 9.37 Å². The van der Waals surface area contributed by atoms with Crippen LogP contribution in [0.2, 0.25) is 0 Å². The van der Waals surface area contributed by atoms with Crippen LogP contribution in [0, 0.1) is 11.2 Å². The Labute approximate surface area is 186 Å². The molecule has 1 fully saturated rings. The number of piperidine rings is 1. The summed E-state index contributed by atoms with van der Waals surface area (Å²) in [7, 11) is 0. The predicted molar refractivity (Wildman–Crippen MR) is 118 cm³/mol. The van der Waals surface area contributed by atoms with Crippen molar-refractivity contribution in [3.63, 3.8) is 0 Å². The van der Waals surface area contributed by atoms with Crippen molar-refractivity contribution in [2.24, 2.45) is 5.41 Å². The summed E-state index contributed by atoms with van der Waals surface area (Å²) in [6, 6.07) is 13.7. The van der Waals surface area contributed by atoms with Gasteiger partial charge in [-0.15, -0.1) is 0 Å². The Hall–Kier alpha value is -3.48. The highest BCUT2D eigenvalue weighted by Gasteiger charge is 2.45. The van der Waals surface area contributed by atoms with Crippen molar-refractivity contribution in [1.82, 2.24) is 14.9 Å². The van der Waals surface area contributed by atoms with Gasteiger partial charge in [0.25, 0.3) is 5.91 Å². The van der Waals surface area contributed by atoms with Crippen LogP contribution in [-0.4, -0.2) is 46.4 Å². The number of likely N-dealkylation sites (tertiary alicyclic amines) is 1. The Balaban J connectivity index is 1.61. The van der Waals surface area contributed by atoms with E-state index in [0.29, 0.717) is 36.3 Å². The Morgan fingerprint density at radius 3 is 2.81 bits per heavy atom. The fraction of sp³-hybridized carbons (Fsp3) is 0.320. The second-order valence-corrected chi connectivity index (χ2v) is 8.12. The van der Waals surface area contributed by atoms with Crippen molar-refractivity contribution in [3.8, 4) is 11.4 Å². The first-order valence-corrected chi connectivity index (χ1v) is 10.8. The molecule has 32 heavy (non-hydrogen) atoms. The van der Waals surface area contributed by atoms with Gasteiger partial charge < -0.3 is 14.6 Å². The van der Waals surface area contributed by atoms with Gasteiger partial charge in [-0.05, 0) is 49.9 Å². The summed E-state index contributed by atoms with van der Waals surface area (Å²) in [6.07, 6.45) is 4.75. The summed E-state index contributed by atoms with van der Waals surface area (Å²) in [5, 5.41) is 0. The Morgan fingerprint density at radius 1 is 1.22 bits per heavy atom. The fourth-order valence-corrected chi connectivity index (χ4v) is 4.38. The molecule has 0 aliphatic carbocycles. The first-order valence-electron chi connectivity index (χ1n) is 10.8. The largest absolute Gasteiger partial charge is 0.466 e. The zero-order valence-electron chi connectivity index (χ0n) is 18.0. The van der Waals surface area contributed by atoms with Gasteiger partial charge in [0.2, 0.25) is 0 Å². The highest BCUT2D eigenvalue weighted by molar-refractivity contribution is 5.96. The van der Waals surface area contributed by atoms with Crippen molar-refractivity contribution in [3.05, 3.63) is 77.9 Å². The molecule has 1 atom stereocenters. The third-order valence-corrected chi connectivity index (χ3v) is 5.94. The molecule has 3 aromatic rings. The zero-order valence-corrected chi connectivity index (χ0v) is 18.0. The van der Waals surface area contributed by atoms with Crippen LogP contribution >= 0.6 is 0 Å². The molecule has 1 aliphatic heterocycles. The molecule has 2 aromatic carbocycles. The zero-order chi connectivity index (χ0) is 22.6. The molecule has 1 aliphatic rings. The van der Waals surface area contributed by atoms with E-state index in [1.165, 1.54) is 6.07 Å². The van der Waals surface area contributed by atoms with E-state index in [-0.39, 0.29) is 37.3 Å². The van der Waals surface area contributed by atoms with E-state index in [4.69, 9.17) is 4.74 Å². The van der Waals surface area contributed by atoms with E-state index in [1.54, 1.807) is 54.5 Å². The second-order valence-electron chi connectivity index (χ2n) is 8.12. The molecule has 0 spiro atoms. The third kappa shape index (κ3) is 4.42. The Kier molecular flexibility index (Phi) is 6.35. The van der Waals surface area contributed by atoms with Crippen molar-refractivity contribution in [2.75, 3.05) is 19.7 Å². The molecule has 1 amide bonds. The number of amides is 1. The van der Waals surface area contributed by atoms with Crippen LogP contribution in [0.4, 0.5) is 4.39 Å². The van der Waals surface area contributed by atoms with Gasteiger partial charge >= 0.3 is 5.97 Å². The maximum Gasteiger partial charge on any atom is 0.314 e. The van der Waals surface area contributed by atoms with Crippen LogP contribution in [0.25, 0.3) is 11.4 Å². The number of halogens is 1. The van der Waals surface area contributed by atoms with Crippen LogP contribution in [0.15, 0.2) is 60.9 Å². The number of rotatable bonds is 6. The lowest BCUT2D eigenvalue weighted by atomic mass is 9.74. The molecule has 2 heterocycles. The van der Waals surface area contributed by atoms with Gasteiger partial charge in [0.05, 0.1) is 12.0 Å². The smallest absolute Gasteiger partial charge is 0.314 e. The summed E-state index contributed by atoms with van der Waals surface area (Å²) in [5.41, 5.74) is 0.796. The first kappa shape index (κ1) is 21.7. The highest BCUT2D eigenvalue weighted by atomic mass is 19.1. The lowest BCUT2D eigenvalue weighted by Gasteiger charge is -2.41. The number of carbonyl (C=O) groups is 2. The van der Waals surface area contributed by atoms with E-state index in [9.17, 15) is 14.0 Å². The number of esters is 1. The number of hydrogen-bond acceptors (Lipinski definition) is 4. The first-order chi connectivity index (χ1) is 15.5. The van der Waals surface area contributed by atoms with Crippen molar-refractivity contribution in [1.29, 1.82) is 0 Å². The number of nitrogens with one attached hydrogen (secondary N) is 1. The summed E-state index contributed by atoms with van der Waals surface area (Å²) in [6.45, 7) is 2.70. The number of H-pyrrole nitrogens is 1. The number of aromatic amines is 1. The number of nitrogens with zero attached hydrogens (tertiary/aromatic N) is 2. The van der Waals surface area contributed by atoms with Crippen LogP contribution in [0.3, 0.4) is 0 Å². The van der Waals surface area contributed by atoms with E-state index in [0.717, 1.165) is 5.56 Å². The van der Waals surface area contributed by atoms with Gasteiger partial charge in [0, 0.05) is 36.6 Å². The van der Waals surface area contributed by atoms with Crippen LogP contribution in [0.5, 0.6) is 0 Å². The van der Waals surface area contributed by atoms with Gasteiger partial charge in [-0.1, -0.05) is 30.3 Å². The highest BCUT2D eigenvalue weighted by Crippen LogP contribution is 2.36. The maximum atomic E-state index is 14.4. The van der Waals surface area contributed by atoms with E-state index in [2.05, 4.69) is 9.97 Å². The van der Waals surface area contributed by atoms with Crippen LogP contribution in [0.1, 0.15) is 35.7 Å². The molecule has 4 rings (SSSR count). The summed E-state index contributed by atoms with van der Waals surface area (Å²) in [4.78, 5) is 35.4. The molecular weight excluding hydrogens is 409 g/mol. The van der Waals surface area contributed by atoms with E-state index >= 15 is 0 Å². The molecule has 0 unspecified atom stereocenters. The minimum atomic E-state index is -0.981. The molecule has 7 heteroatoms. The van der Waals surface area contributed by atoms with E-state index in [1.807, 2.05) is 12.1 Å². The molecule has 0 bridgehead atoms. The predicted octanol–water partition coefficient (Wildman–Crippen LogP) is 4.24. The molecule has 0 radical (unpaired) electrons. The molecule has 166 valence electrons. The average Bonchev–Trinajstić information content (AvgIpc) is 3.36. The molecule has 6 nitrogen and oxygen atoms in total. The number of carbonyl (C=O) groups excluding carboxylic acids is 2. The van der Waals surface area contributed by atoms with Gasteiger partial charge in [-0.2, -0.15) is 0 Å². The second kappa shape index (κ2) is 9.34. The van der Waals surface area contributed by atoms with Gasteiger partial charge in [0.1, 0.15) is 11.6 Å². The molecule has 1 aromatic heterocycles. The lowest BCUT2D eigenvalue weighted by molar-refractivity contribution is -0.158. The minimum absolute atomic E-state index is 0.166. The number of ether oxygens (including phenoxy) is 1. The summed E-state index contributed by atoms with van der Waals surface area (Å²) < 4.78 is 19.8. The quantitative estimate of drug-likeness (QED) is 0.588. The van der Waals surface area contributed by atoms with Gasteiger partial charge in [-0.3, -0.25) is 9.59 Å². The Morgan fingerprint density at radius 2 is 2.06 bits per heavy atom. The SMILES string of the molecule is CCOC(=O)[C@]1(Cc2ccccc2F)CCCN(C(=O)c2cccc(-c3ncc[nH]3)c2)C1. The number of imidazole rings is 1. The fourth-order valence-electron chi connectivity index (χ4n) is 4.38. The van der Waals surface area contributed by atoms with Gasteiger partial charge in [0.15, 0.2) is 0 Å². The van der Waals surface area contributed by atoms with Crippen LogP contribution in [-0.2, 0) is 16.0 Å². The average molecular weight is 435 g/mol. The molecular formula is C25H26FN3O3. The van der Waals surface area contributed by atoms with Crippen molar-refractivity contribution >= 4 is 11.9 Å².